The van der Waals surface area contributed by atoms with Gasteiger partial charge in [0.15, 0.2) is 12.4 Å². The summed E-state index contributed by atoms with van der Waals surface area (Å²) >= 11 is 0. The first-order valence-electron chi connectivity index (χ1n) is 11.6. The van der Waals surface area contributed by atoms with Crippen molar-refractivity contribution >= 4 is 11.8 Å². The smallest absolute Gasteiger partial charge is 0.338 e. The Morgan fingerprint density at radius 1 is 0.750 bits per heavy atom. The Labute approximate surface area is 190 Å². The number of ether oxygens (including phenoxy) is 1. The lowest BCUT2D eigenvalue weighted by Crippen LogP contribution is -2.16. The molecule has 3 nitrogen and oxygen atoms in total. The van der Waals surface area contributed by atoms with E-state index in [-0.39, 0.29) is 12.4 Å². The molecule has 0 saturated heterocycles. The molecular formula is C29H30O3. The van der Waals surface area contributed by atoms with Gasteiger partial charge in [0.2, 0.25) is 0 Å². The third-order valence-electron chi connectivity index (χ3n) is 6.41. The van der Waals surface area contributed by atoms with Gasteiger partial charge in [0.05, 0.1) is 5.56 Å². The van der Waals surface area contributed by atoms with E-state index in [0.29, 0.717) is 17.0 Å². The van der Waals surface area contributed by atoms with Crippen LogP contribution in [0.5, 0.6) is 0 Å². The molecule has 1 aliphatic carbocycles. The van der Waals surface area contributed by atoms with Gasteiger partial charge in [-0.2, -0.15) is 0 Å². The molecule has 0 N–H and O–H groups in total. The molecule has 1 saturated carbocycles. The lowest BCUT2D eigenvalue weighted by atomic mass is 9.84. The Morgan fingerprint density at radius 2 is 1.44 bits per heavy atom. The van der Waals surface area contributed by atoms with Gasteiger partial charge in [-0.3, -0.25) is 4.79 Å². The van der Waals surface area contributed by atoms with Crippen LogP contribution in [0.2, 0.25) is 0 Å². The summed E-state index contributed by atoms with van der Waals surface area (Å²) in [6.07, 6.45) is 7.95. The van der Waals surface area contributed by atoms with Crippen LogP contribution >= 0.6 is 0 Å². The maximum absolute atomic E-state index is 12.7. The highest BCUT2D eigenvalue weighted by Gasteiger charge is 2.17. The zero-order valence-electron chi connectivity index (χ0n) is 18.5. The number of benzene rings is 3. The topological polar surface area (TPSA) is 43.4 Å². The predicted molar refractivity (Wildman–Crippen MR) is 127 cm³/mol. The molecule has 0 aliphatic heterocycles. The molecule has 32 heavy (non-hydrogen) atoms. The first kappa shape index (κ1) is 22.0. The second kappa shape index (κ2) is 10.9. The molecule has 0 unspecified atom stereocenters. The summed E-state index contributed by atoms with van der Waals surface area (Å²) in [6, 6.07) is 25.5. The maximum Gasteiger partial charge on any atom is 0.338 e. The van der Waals surface area contributed by atoms with Crippen molar-refractivity contribution in [1.82, 2.24) is 0 Å². The van der Waals surface area contributed by atoms with E-state index in [9.17, 15) is 9.59 Å². The predicted octanol–water partition coefficient (Wildman–Crippen LogP) is 6.56. The third kappa shape index (κ3) is 5.73. The number of carbonyl (C=O) groups excluding carboxylic acids is 2. The van der Waals surface area contributed by atoms with Gasteiger partial charge in [0.1, 0.15) is 0 Å². The standard InChI is InChI=1S/C29H30O3/c30-28(26-19-17-24(18-20-26)23-11-5-2-6-12-23)21-32-29(31)27-14-8-7-13-25(27)16-15-22-9-3-1-4-10-22/h1,3-4,7-10,13-14,17-20,23H,2,5-6,11-12,15-16,21H2. The van der Waals surface area contributed by atoms with Crippen LogP contribution in [-0.4, -0.2) is 18.4 Å². The van der Waals surface area contributed by atoms with E-state index < -0.39 is 5.97 Å². The van der Waals surface area contributed by atoms with E-state index in [1.807, 2.05) is 48.5 Å². The third-order valence-corrected chi connectivity index (χ3v) is 6.41. The Bertz CT molecular complexity index is 1030. The molecule has 0 heterocycles. The minimum Gasteiger partial charge on any atom is -0.454 e. The van der Waals surface area contributed by atoms with Crippen LogP contribution in [0.4, 0.5) is 0 Å². The Kier molecular flexibility index (Phi) is 7.50. The Morgan fingerprint density at radius 3 is 2.19 bits per heavy atom. The van der Waals surface area contributed by atoms with Crippen LogP contribution in [0, 0.1) is 0 Å². The Balaban J connectivity index is 1.33. The van der Waals surface area contributed by atoms with Gasteiger partial charge in [-0.05, 0) is 54.4 Å². The molecule has 4 rings (SSSR count). The molecule has 164 valence electrons. The SMILES string of the molecule is O=C(COC(=O)c1ccccc1CCc1ccccc1)c1ccc(C2CCCCC2)cc1. The summed E-state index contributed by atoms with van der Waals surface area (Å²) < 4.78 is 5.40. The molecule has 0 spiro atoms. The van der Waals surface area contributed by atoms with Gasteiger partial charge < -0.3 is 4.74 Å². The fourth-order valence-electron chi connectivity index (χ4n) is 4.53. The van der Waals surface area contributed by atoms with Crippen LogP contribution in [0.1, 0.15) is 75.4 Å². The number of ketones is 1. The van der Waals surface area contributed by atoms with Crippen molar-refractivity contribution in [2.45, 2.75) is 50.9 Å². The summed E-state index contributed by atoms with van der Waals surface area (Å²) in [7, 11) is 0. The van der Waals surface area contributed by atoms with Gasteiger partial charge >= 0.3 is 5.97 Å². The summed E-state index contributed by atoms with van der Waals surface area (Å²) in [6.45, 7) is -0.241. The Hall–Kier alpha value is -3.20. The first-order chi connectivity index (χ1) is 15.7. The number of Topliss-reactive ketones (excluding diaryl/α,β-unsaturated/α-hetero) is 1. The van der Waals surface area contributed by atoms with E-state index in [1.165, 1.54) is 43.2 Å². The number of rotatable bonds is 8. The number of aryl methyl sites for hydroxylation is 2. The summed E-state index contributed by atoms with van der Waals surface area (Å²) in [5.74, 6) is -0.00531. The van der Waals surface area contributed by atoms with Crippen molar-refractivity contribution in [3.63, 3.8) is 0 Å². The van der Waals surface area contributed by atoms with Crippen LogP contribution in [0.25, 0.3) is 0 Å². The van der Waals surface area contributed by atoms with Crippen molar-refractivity contribution < 1.29 is 14.3 Å². The number of carbonyl (C=O) groups is 2. The fourth-order valence-corrected chi connectivity index (χ4v) is 4.53. The molecule has 3 aromatic rings. The largest absolute Gasteiger partial charge is 0.454 e. The summed E-state index contributed by atoms with van der Waals surface area (Å²) in [4.78, 5) is 25.3. The van der Waals surface area contributed by atoms with E-state index in [4.69, 9.17) is 4.74 Å². The zero-order valence-corrected chi connectivity index (χ0v) is 18.5. The highest BCUT2D eigenvalue weighted by molar-refractivity contribution is 5.99. The lowest BCUT2D eigenvalue weighted by Gasteiger charge is -2.22. The normalized spacial score (nSPS) is 14.1. The molecule has 0 amide bonds. The average molecular weight is 427 g/mol. The lowest BCUT2D eigenvalue weighted by molar-refractivity contribution is 0.0473. The van der Waals surface area contributed by atoms with Crippen molar-refractivity contribution in [2.75, 3.05) is 6.61 Å². The van der Waals surface area contributed by atoms with Gasteiger partial charge in [-0.25, -0.2) is 4.79 Å². The van der Waals surface area contributed by atoms with Crippen molar-refractivity contribution in [3.05, 3.63) is 107 Å². The van der Waals surface area contributed by atoms with Crippen LogP contribution in [-0.2, 0) is 17.6 Å². The monoisotopic (exact) mass is 426 g/mol. The van der Waals surface area contributed by atoms with E-state index >= 15 is 0 Å². The summed E-state index contributed by atoms with van der Waals surface area (Å²) in [5.41, 5.74) is 4.59. The van der Waals surface area contributed by atoms with Crippen LogP contribution in [0.3, 0.4) is 0 Å². The molecular weight excluding hydrogens is 396 g/mol. The highest BCUT2D eigenvalue weighted by Crippen LogP contribution is 2.32. The molecule has 0 aromatic heterocycles. The minimum absolute atomic E-state index is 0.171. The van der Waals surface area contributed by atoms with Crippen molar-refractivity contribution in [1.29, 1.82) is 0 Å². The van der Waals surface area contributed by atoms with Gasteiger partial charge in [0.25, 0.3) is 0 Å². The van der Waals surface area contributed by atoms with E-state index in [2.05, 4.69) is 24.3 Å². The summed E-state index contributed by atoms with van der Waals surface area (Å²) in [5, 5.41) is 0. The second-order valence-electron chi connectivity index (χ2n) is 8.60. The molecule has 1 aliphatic rings. The molecule has 1 fully saturated rings. The zero-order chi connectivity index (χ0) is 22.2. The average Bonchev–Trinajstić information content (AvgIpc) is 2.87. The van der Waals surface area contributed by atoms with E-state index in [0.717, 1.165) is 18.4 Å². The van der Waals surface area contributed by atoms with Crippen molar-refractivity contribution in [3.8, 4) is 0 Å². The van der Waals surface area contributed by atoms with Gasteiger partial charge in [0, 0.05) is 5.56 Å². The molecule has 0 radical (unpaired) electrons. The number of esters is 1. The second-order valence-corrected chi connectivity index (χ2v) is 8.60. The fraction of sp³-hybridized carbons (Fsp3) is 0.310. The molecule has 3 heteroatoms. The molecule has 0 bridgehead atoms. The number of hydrogen-bond donors (Lipinski definition) is 0. The minimum atomic E-state index is -0.444. The van der Waals surface area contributed by atoms with E-state index in [1.54, 1.807) is 6.07 Å². The van der Waals surface area contributed by atoms with Crippen LogP contribution < -0.4 is 0 Å². The first-order valence-corrected chi connectivity index (χ1v) is 11.6. The van der Waals surface area contributed by atoms with Crippen LogP contribution in [0.15, 0.2) is 78.9 Å². The highest BCUT2D eigenvalue weighted by atomic mass is 16.5. The van der Waals surface area contributed by atoms with Crippen molar-refractivity contribution in [2.24, 2.45) is 0 Å². The maximum atomic E-state index is 12.7. The molecule has 3 aromatic carbocycles. The number of hydrogen-bond acceptors (Lipinski definition) is 3. The van der Waals surface area contributed by atoms with Gasteiger partial charge in [-0.15, -0.1) is 0 Å². The quantitative estimate of drug-likeness (QED) is 0.303. The molecule has 0 atom stereocenters. The van der Waals surface area contributed by atoms with Gasteiger partial charge in [-0.1, -0.05) is 92.1 Å².